The van der Waals surface area contributed by atoms with E-state index in [1.807, 2.05) is 6.92 Å². The van der Waals surface area contributed by atoms with Crippen LogP contribution in [0.5, 0.6) is 0 Å². The maximum Gasteiger partial charge on any atom is 0.351 e. The van der Waals surface area contributed by atoms with Gasteiger partial charge in [-0.3, -0.25) is 4.57 Å². The first-order valence-corrected chi connectivity index (χ1v) is 5.39. The molecule has 2 rings (SSSR count). The van der Waals surface area contributed by atoms with E-state index in [0.717, 1.165) is 4.68 Å². The lowest BCUT2D eigenvalue weighted by Gasteiger charge is -2.09. The number of rotatable bonds is 4. The molecule has 0 aliphatic rings. The molecule has 0 spiro atoms. The van der Waals surface area contributed by atoms with Crippen molar-refractivity contribution in [3.05, 3.63) is 41.5 Å². The second-order valence-electron chi connectivity index (χ2n) is 3.52. The van der Waals surface area contributed by atoms with Crippen molar-refractivity contribution < 1.29 is 4.74 Å². The summed E-state index contributed by atoms with van der Waals surface area (Å²) in [5.41, 5.74) is 0.0983. The minimum Gasteiger partial charge on any atom is -0.492 e. The monoisotopic (exact) mass is 247 g/mol. The zero-order chi connectivity index (χ0) is 13.1. The topological polar surface area (TPSA) is 74.8 Å². The molecule has 2 aromatic rings. The first-order valence-electron chi connectivity index (χ1n) is 5.39. The average Bonchev–Trinajstić information content (AvgIpc) is 2.70. The van der Waals surface area contributed by atoms with E-state index in [-0.39, 0.29) is 5.69 Å². The van der Waals surface area contributed by atoms with E-state index in [1.54, 1.807) is 7.05 Å². The van der Waals surface area contributed by atoms with E-state index in [2.05, 4.69) is 21.6 Å². The second kappa shape index (κ2) is 4.82. The van der Waals surface area contributed by atoms with Gasteiger partial charge in [-0.2, -0.15) is 9.78 Å². The molecule has 2 heterocycles. The van der Waals surface area contributed by atoms with Crippen LogP contribution >= 0.6 is 0 Å². The number of aromatic nitrogens is 5. The molecule has 94 valence electrons. The lowest BCUT2D eigenvalue weighted by molar-refractivity contribution is 0.297. The first-order chi connectivity index (χ1) is 8.65. The molecule has 0 amide bonds. The van der Waals surface area contributed by atoms with Crippen molar-refractivity contribution in [3.8, 4) is 5.82 Å². The van der Waals surface area contributed by atoms with Gasteiger partial charge in [-0.05, 0) is 6.92 Å². The van der Waals surface area contributed by atoms with Crippen LogP contribution in [0, 0.1) is 0 Å². The van der Waals surface area contributed by atoms with Crippen LogP contribution < -0.4 is 5.69 Å². The van der Waals surface area contributed by atoms with E-state index < -0.39 is 0 Å². The molecule has 0 unspecified atom stereocenters. The Labute approximate surface area is 103 Å². The van der Waals surface area contributed by atoms with Crippen LogP contribution in [0.3, 0.4) is 0 Å². The molecule has 18 heavy (non-hydrogen) atoms. The van der Waals surface area contributed by atoms with Gasteiger partial charge in [-0.1, -0.05) is 6.58 Å². The van der Waals surface area contributed by atoms with Gasteiger partial charge < -0.3 is 4.74 Å². The van der Waals surface area contributed by atoms with Crippen LogP contribution in [0.15, 0.2) is 30.1 Å². The highest BCUT2D eigenvalue weighted by atomic mass is 16.5. The maximum absolute atomic E-state index is 11.8. The second-order valence-corrected chi connectivity index (χ2v) is 3.52. The Morgan fingerprint density at radius 2 is 2.17 bits per heavy atom. The normalized spacial score (nSPS) is 10.3. The minimum atomic E-state index is -0.305. The van der Waals surface area contributed by atoms with Gasteiger partial charge in [0.1, 0.15) is 17.8 Å². The molecule has 0 bridgehead atoms. The molecule has 0 aliphatic heterocycles. The highest BCUT2D eigenvalue weighted by Crippen LogP contribution is 2.15. The van der Waals surface area contributed by atoms with E-state index in [1.165, 1.54) is 23.3 Å². The number of nitrogens with zero attached hydrogens (tertiary/aromatic N) is 5. The zero-order valence-electron chi connectivity index (χ0n) is 10.2. The van der Waals surface area contributed by atoms with Gasteiger partial charge in [-0.25, -0.2) is 14.8 Å². The molecule has 0 radical (unpaired) electrons. The summed E-state index contributed by atoms with van der Waals surface area (Å²) in [6, 6.07) is 0. The Morgan fingerprint density at radius 3 is 2.78 bits per heavy atom. The summed E-state index contributed by atoms with van der Waals surface area (Å²) in [5.74, 6) is 0.666. The summed E-state index contributed by atoms with van der Waals surface area (Å²) < 4.78 is 7.80. The molecule has 0 saturated heterocycles. The Kier molecular flexibility index (Phi) is 3.22. The van der Waals surface area contributed by atoms with Crippen LogP contribution in [0.2, 0.25) is 0 Å². The number of aryl methyl sites for hydroxylation is 1. The predicted molar refractivity (Wildman–Crippen MR) is 65.1 cm³/mol. The average molecular weight is 247 g/mol. The summed E-state index contributed by atoms with van der Waals surface area (Å²) >= 11 is 0. The fourth-order valence-electron chi connectivity index (χ4n) is 1.45. The van der Waals surface area contributed by atoms with E-state index in [9.17, 15) is 4.79 Å². The molecule has 0 atom stereocenters. The third-order valence-electron chi connectivity index (χ3n) is 2.29. The SMILES string of the molecule is C=C(OCC)c1nccnc1-n1ncn(C)c1=O. The fraction of sp³-hybridized carbons (Fsp3) is 0.273. The third-order valence-corrected chi connectivity index (χ3v) is 2.29. The zero-order valence-corrected chi connectivity index (χ0v) is 10.2. The third kappa shape index (κ3) is 2.02. The Morgan fingerprint density at radius 1 is 1.44 bits per heavy atom. The molecular weight excluding hydrogens is 234 g/mol. The lowest BCUT2D eigenvalue weighted by Crippen LogP contribution is -2.23. The van der Waals surface area contributed by atoms with Gasteiger partial charge in [0, 0.05) is 19.4 Å². The predicted octanol–water partition coefficient (Wildman–Crippen LogP) is 0.368. The molecule has 2 aromatic heterocycles. The fourth-order valence-corrected chi connectivity index (χ4v) is 1.45. The van der Waals surface area contributed by atoms with Gasteiger partial charge in [0.25, 0.3) is 0 Å². The smallest absolute Gasteiger partial charge is 0.351 e. The van der Waals surface area contributed by atoms with Crippen LogP contribution in [0.25, 0.3) is 11.6 Å². The molecule has 0 fully saturated rings. The lowest BCUT2D eigenvalue weighted by atomic mass is 10.3. The number of hydrogen-bond acceptors (Lipinski definition) is 5. The van der Waals surface area contributed by atoms with Gasteiger partial charge in [0.2, 0.25) is 0 Å². The molecule has 0 N–H and O–H groups in total. The molecule has 0 aromatic carbocycles. The Balaban J connectivity index is 2.55. The van der Waals surface area contributed by atoms with E-state index in [0.29, 0.717) is 23.9 Å². The van der Waals surface area contributed by atoms with E-state index >= 15 is 0 Å². The van der Waals surface area contributed by atoms with Crippen molar-refractivity contribution in [2.75, 3.05) is 6.61 Å². The molecule has 0 saturated carbocycles. The van der Waals surface area contributed by atoms with Crippen LogP contribution in [-0.2, 0) is 11.8 Å². The highest BCUT2D eigenvalue weighted by Gasteiger charge is 2.15. The Hall–Kier alpha value is -2.44. The standard InChI is InChI=1S/C11H13N5O2/c1-4-18-8(2)9-10(13-6-5-12-9)16-11(17)15(3)7-14-16/h5-7H,2,4H2,1,3H3. The largest absolute Gasteiger partial charge is 0.492 e. The molecule has 7 nitrogen and oxygen atoms in total. The Bertz CT molecular complexity index is 628. The summed E-state index contributed by atoms with van der Waals surface area (Å²) in [5, 5.41) is 3.96. The quantitative estimate of drug-likeness (QED) is 0.729. The van der Waals surface area contributed by atoms with Crippen LogP contribution in [-0.4, -0.2) is 30.9 Å². The highest BCUT2D eigenvalue weighted by molar-refractivity contribution is 5.59. The van der Waals surface area contributed by atoms with Crippen molar-refractivity contribution in [1.29, 1.82) is 0 Å². The van der Waals surface area contributed by atoms with Crippen molar-refractivity contribution >= 4 is 5.76 Å². The van der Waals surface area contributed by atoms with Crippen LogP contribution in [0.4, 0.5) is 0 Å². The van der Waals surface area contributed by atoms with Gasteiger partial charge in [-0.15, -0.1) is 0 Å². The van der Waals surface area contributed by atoms with E-state index in [4.69, 9.17) is 4.74 Å². The summed E-state index contributed by atoms with van der Waals surface area (Å²) in [4.78, 5) is 20.1. The van der Waals surface area contributed by atoms with Gasteiger partial charge in [0.15, 0.2) is 5.82 Å². The van der Waals surface area contributed by atoms with Crippen molar-refractivity contribution in [2.45, 2.75) is 6.92 Å². The van der Waals surface area contributed by atoms with Gasteiger partial charge in [0.05, 0.1) is 6.61 Å². The minimum absolute atomic E-state index is 0.305. The van der Waals surface area contributed by atoms with Crippen molar-refractivity contribution in [1.82, 2.24) is 24.3 Å². The maximum atomic E-state index is 11.8. The van der Waals surface area contributed by atoms with Crippen LogP contribution in [0.1, 0.15) is 12.6 Å². The number of hydrogen-bond donors (Lipinski definition) is 0. The van der Waals surface area contributed by atoms with Gasteiger partial charge >= 0.3 is 5.69 Å². The molecule has 7 heteroatoms. The summed E-state index contributed by atoms with van der Waals surface area (Å²) in [7, 11) is 1.61. The summed E-state index contributed by atoms with van der Waals surface area (Å²) in [6.07, 6.45) is 4.40. The first kappa shape index (κ1) is 12.0. The van der Waals surface area contributed by atoms with Crippen molar-refractivity contribution in [3.63, 3.8) is 0 Å². The molecular formula is C11H13N5O2. The summed E-state index contributed by atoms with van der Waals surface area (Å²) in [6.45, 7) is 6.07. The molecule has 0 aliphatic carbocycles. The number of ether oxygens (including phenoxy) is 1. The van der Waals surface area contributed by atoms with Crippen molar-refractivity contribution in [2.24, 2.45) is 7.05 Å².